The van der Waals surface area contributed by atoms with Crippen molar-refractivity contribution in [3.05, 3.63) is 22.7 Å². The highest BCUT2D eigenvalue weighted by molar-refractivity contribution is 7.21. The Kier molecular flexibility index (Phi) is 4.23. The molecule has 0 aliphatic carbocycles. The maximum atomic E-state index is 12.2. The Morgan fingerprint density at radius 2 is 2.05 bits per heavy atom. The molecule has 21 heavy (non-hydrogen) atoms. The van der Waals surface area contributed by atoms with Gasteiger partial charge in [0, 0.05) is 11.1 Å². The van der Waals surface area contributed by atoms with Gasteiger partial charge in [-0.05, 0) is 45.2 Å². The van der Waals surface area contributed by atoms with Crippen molar-refractivity contribution < 1.29 is 9.53 Å². The fourth-order valence-electron chi connectivity index (χ4n) is 2.04. The minimum Gasteiger partial charge on any atom is -0.456 e. The highest BCUT2D eigenvalue weighted by Gasteiger charge is 2.23. The molecule has 0 fully saturated rings. The lowest BCUT2D eigenvalue weighted by molar-refractivity contribution is 0.00764. The van der Waals surface area contributed by atoms with Gasteiger partial charge >= 0.3 is 5.97 Å². The highest BCUT2D eigenvalue weighted by atomic mass is 32.1. The van der Waals surface area contributed by atoms with Crippen LogP contribution in [-0.2, 0) is 11.2 Å². The lowest BCUT2D eigenvalue weighted by Gasteiger charge is -2.18. The van der Waals surface area contributed by atoms with E-state index in [2.05, 4.69) is 18.8 Å². The van der Waals surface area contributed by atoms with E-state index in [0.717, 1.165) is 22.3 Å². The summed E-state index contributed by atoms with van der Waals surface area (Å²) in [6.07, 6.45) is 0.912. The zero-order valence-electron chi connectivity index (χ0n) is 13.2. The number of hydrogen-bond acceptors (Lipinski definition) is 5. The summed E-state index contributed by atoms with van der Waals surface area (Å²) in [6.45, 7) is 9.83. The van der Waals surface area contributed by atoms with Crippen LogP contribution in [0.5, 0.6) is 0 Å². The third kappa shape index (κ3) is 3.73. The molecule has 0 aliphatic rings. The average Bonchev–Trinajstić information content (AvgIpc) is 2.63. The molecule has 0 atom stereocenters. The first-order valence-electron chi connectivity index (χ1n) is 7.08. The molecule has 0 aromatic carbocycles. The molecule has 0 bridgehead atoms. The number of nitrogens with zero attached hydrogens (tertiary/aromatic N) is 1. The van der Waals surface area contributed by atoms with Crippen LogP contribution >= 0.6 is 11.3 Å². The minimum absolute atomic E-state index is 0.381. The molecular formula is C16H22N2O2S. The number of rotatable bonds is 3. The van der Waals surface area contributed by atoms with E-state index in [1.807, 2.05) is 32.9 Å². The Bertz CT molecular complexity index is 669. The molecule has 0 unspecified atom stereocenters. The van der Waals surface area contributed by atoms with Gasteiger partial charge in [0.25, 0.3) is 0 Å². The number of ether oxygens (including phenoxy) is 1. The molecule has 5 heteroatoms. The largest absolute Gasteiger partial charge is 0.456 e. The Morgan fingerprint density at radius 3 is 2.62 bits per heavy atom. The standard InChI is InChI=1S/C16H22N2O2S/c1-9(2)8-10-6-7-11-12(17)13(21-14(11)18-10)15(19)20-16(3,4)5/h6-7,9H,8,17H2,1-5H3. The van der Waals surface area contributed by atoms with Crippen LogP contribution in [0.4, 0.5) is 5.69 Å². The molecule has 2 aromatic rings. The van der Waals surface area contributed by atoms with Crippen molar-refractivity contribution in [2.24, 2.45) is 5.92 Å². The Hall–Kier alpha value is -1.62. The Morgan fingerprint density at radius 1 is 1.38 bits per heavy atom. The molecule has 2 N–H and O–H groups in total. The molecular weight excluding hydrogens is 284 g/mol. The van der Waals surface area contributed by atoms with Crippen molar-refractivity contribution in [1.29, 1.82) is 0 Å². The van der Waals surface area contributed by atoms with Crippen LogP contribution < -0.4 is 5.73 Å². The number of thiophene rings is 1. The van der Waals surface area contributed by atoms with Gasteiger partial charge < -0.3 is 10.5 Å². The van der Waals surface area contributed by atoms with Gasteiger partial charge in [0.15, 0.2) is 0 Å². The van der Waals surface area contributed by atoms with Crippen LogP contribution in [0, 0.1) is 5.92 Å². The topological polar surface area (TPSA) is 65.2 Å². The van der Waals surface area contributed by atoms with Gasteiger partial charge in [-0.2, -0.15) is 0 Å². The molecule has 0 radical (unpaired) electrons. The van der Waals surface area contributed by atoms with Gasteiger partial charge in [-0.25, -0.2) is 9.78 Å². The van der Waals surface area contributed by atoms with Gasteiger partial charge in [0.05, 0.1) is 5.69 Å². The summed E-state index contributed by atoms with van der Waals surface area (Å²) >= 11 is 1.30. The molecule has 2 rings (SSSR count). The SMILES string of the molecule is CC(C)Cc1ccc2c(N)c(C(=O)OC(C)(C)C)sc2n1. The van der Waals surface area contributed by atoms with Crippen LogP contribution in [0.25, 0.3) is 10.2 Å². The molecule has 0 aliphatic heterocycles. The predicted octanol–water partition coefficient (Wildman–Crippen LogP) is 4.03. The van der Waals surface area contributed by atoms with Gasteiger partial charge in [-0.3, -0.25) is 0 Å². The third-order valence-electron chi connectivity index (χ3n) is 2.85. The van der Waals surface area contributed by atoms with Gasteiger partial charge in [-0.15, -0.1) is 11.3 Å². The van der Waals surface area contributed by atoms with Crippen molar-refractivity contribution in [3.8, 4) is 0 Å². The zero-order chi connectivity index (χ0) is 15.8. The van der Waals surface area contributed by atoms with E-state index >= 15 is 0 Å². The normalized spacial score (nSPS) is 12.1. The second-order valence-corrected chi connectivity index (χ2v) is 7.60. The van der Waals surface area contributed by atoms with Gasteiger partial charge in [0.1, 0.15) is 15.3 Å². The van der Waals surface area contributed by atoms with Gasteiger partial charge in [-0.1, -0.05) is 13.8 Å². The molecule has 114 valence electrons. The van der Waals surface area contributed by atoms with E-state index < -0.39 is 5.60 Å². The van der Waals surface area contributed by atoms with Crippen molar-refractivity contribution in [3.63, 3.8) is 0 Å². The highest BCUT2D eigenvalue weighted by Crippen LogP contribution is 2.34. The number of nitrogens with two attached hydrogens (primary N) is 1. The predicted molar refractivity (Wildman–Crippen MR) is 87.7 cm³/mol. The molecule has 4 nitrogen and oxygen atoms in total. The number of hydrogen-bond donors (Lipinski definition) is 1. The first kappa shape index (κ1) is 15.8. The van der Waals surface area contributed by atoms with E-state index in [9.17, 15) is 4.79 Å². The molecule has 0 amide bonds. The number of carbonyl (C=O) groups is 1. The van der Waals surface area contributed by atoms with Crippen molar-refractivity contribution >= 4 is 33.2 Å². The summed E-state index contributed by atoms with van der Waals surface area (Å²) in [7, 11) is 0. The number of carbonyl (C=O) groups excluding carboxylic acids is 1. The van der Waals surface area contributed by atoms with Crippen LogP contribution in [0.15, 0.2) is 12.1 Å². The summed E-state index contributed by atoms with van der Waals surface area (Å²) in [5.74, 6) is 0.158. The number of nitrogen functional groups attached to an aromatic ring is 1. The fourth-order valence-corrected chi connectivity index (χ4v) is 3.03. The number of pyridine rings is 1. The van der Waals surface area contributed by atoms with Crippen LogP contribution in [0.2, 0.25) is 0 Å². The lowest BCUT2D eigenvalue weighted by atomic mass is 10.1. The molecule has 2 heterocycles. The summed E-state index contributed by atoms with van der Waals surface area (Å²) < 4.78 is 5.39. The molecule has 0 saturated carbocycles. The van der Waals surface area contributed by atoms with Crippen molar-refractivity contribution in [2.75, 3.05) is 5.73 Å². The van der Waals surface area contributed by atoms with Crippen molar-refractivity contribution in [2.45, 2.75) is 46.6 Å². The maximum Gasteiger partial charge on any atom is 0.351 e. The monoisotopic (exact) mass is 306 g/mol. The Labute approximate surface area is 129 Å². The first-order valence-corrected chi connectivity index (χ1v) is 7.90. The number of esters is 1. The second-order valence-electron chi connectivity index (χ2n) is 6.60. The summed E-state index contributed by atoms with van der Waals surface area (Å²) in [4.78, 5) is 18.0. The molecule has 2 aromatic heterocycles. The number of anilines is 1. The van der Waals surface area contributed by atoms with E-state index in [1.165, 1.54) is 11.3 Å². The minimum atomic E-state index is -0.532. The van der Waals surface area contributed by atoms with Crippen LogP contribution in [0.3, 0.4) is 0 Å². The molecule has 0 saturated heterocycles. The third-order valence-corrected chi connectivity index (χ3v) is 3.95. The second kappa shape index (κ2) is 5.64. The van der Waals surface area contributed by atoms with E-state index in [1.54, 1.807) is 0 Å². The zero-order valence-corrected chi connectivity index (χ0v) is 14.0. The summed E-state index contributed by atoms with van der Waals surface area (Å²) in [6, 6.07) is 3.92. The average molecular weight is 306 g/mol. The molecule has 0 spiro atoms. The van der Waals surface area contributed by atoms with Gasteiger partial charge in [0.2, 0.25) is 0 Å². The fraction of sp³-hybridized carbons (Fsp3) is 0.500. The van der Waals surface area contributed by atoms with Crippen molar-refractivity contribution in [1.82, 2.24) is 4.98 Å². The first-order chi connectivity index (χ1) is 9.67. The van der Waals surface area contributed by atoms with E-state index in [4.69, 9.17) is 10.5 Å². The van der Waals surface area contributed by atoms with Crippen LogP contribution in [-0.4, -0.2) is 16.6 Å². The smallest absolute Gasteiger partial charge is 0.351 e. The number of aromatic nitrogens is 1. The maximum absolute atomic E-state index is 12.2. The van der Waals surface area contributed by atoms with E-state index in [0.29, 0.717) is 16.5 Å². The number of fused-ring (bicyclic) bond motifs is 1. The quantitative estimate of drug-likeness (QED) is 0.869. The Balaban J connectivity index is 2.38. The van der Waals surface area contributed by atoms with E-state index in [-0.39, 0.29) is 5.97 Å². The van der Waals surface area contributed by atoms with Crippen LogP contribution in [0.1, 0.15) is 50.0 Å². The summed E-state index contributed by atoms with van der Waals surface area (Å²) in [5, 5.41) is 0.827. The lowest BCUT2D eigenvalue weighted by Crippen LogP contribution is -2.23. The summed E-state index contributed by atoms with van der Waals surface area (Å²) in [5.41, 5.74) is 7.04.